The largest absolute Gasteiger partial charge is 0.372 e. The van der Waals surface area contributed by atoms with Gasteiger partial charge < -0.3 is 19.6 Å². The highest BCUT2D eigenvalue weighted by molar-refractivity contribution is 6.06. The highest BCUT2D eigenvalue weighted by atomic mass is 16.5. The smallest absolute Gasteiger partial charge is 0.328 e. The van der Waals surface area contributed by atoms with Gasteiger partial charge in [0.15, 0.2) is 5.65 Å². The number of carbonyl (C=O) groups is 3. The van der Waals surface area contributed by atoms with Gasteiger partial charge in [-0.05, 0) is 98.7 Å². The van der Waals surface area contributed by atoms with E-state index in [1.54, 1.807) is 4.90 Å². The van der Waals surface area contributed by atoms with Crippen molar-refractivity contribution in [3.63, 3.8) is 0 Å². The number of pyridine rings is 2. The highest BCUT2D eigenvalue weighted by Gasteiger charge is 2.29. The van der Waals surface area contributed by atoms with Crippen molar-refractivity contribution in [1.29, 1.82) is 0 Å². The topological polar surface area (TPSA) is 182 Å². The average Bonchev–Trinajstić information content (AvgIpc) is 3.96. The zero-order chi connectivity index (χ0) is 44.7. The van der Waals surface area contributed by atoms with Gasteiger partial charge in [-0.2, -0.15) is 10.1 Å². The summed E-state index contributed by atoms with van der Waals surface area (Å²) in [6.45, 7) is 19.4. The fraction of sp³-hybridized carbons (Fsp3) is 0.417. The normalized spacial score (nSPS) is 17.2. The molecule has 2 aromatic carbocycles. The Morgan fingerprint density at radius 3 is 2.31 bits per heavy atom. The third-order valence-corrected chi connectivity index (χ3v) is 12.8. The summed E-state index contributed by atoms with van der Waals surface area (Å²) in [5.41, 5.74) is 10.0. The third kappa shape index (κ3) is 8.91. The number of carbonyl (C=O) groups excluding carboxylic acids is 3. The van der Waals surface area contributed by atoms with Crippen molar-refractivity contribution in [2.75, 3.05) is 67.1 Å². The van der Waals surface area contributed by atoms with Crippen LogP contribution in [0.25, 0.3) is 33.5 Å². The molecule has 0 bridgehead atoms. The van der Waals surface area contributed by atoms with Crippen molar-refractivity contribution >= 4 is 45.9 Å². The third-order valence-electron chi connectivity index (χ3n) is 12.8. The van der Waals surface area contributed by atoms with Crippen LogP contribution < -0.4 is 25.3 Å². The molecule has 3 aliphatic rings. The first-order chi connectivity index (χ1) is 30.8. The number of anilines is 3. The lowest BCUT2D eigenvalue weighted by Crippen LogP contribution is -2.49. The molecular formula is C48H56N12O4. The fourth-order valence-electron chi connectivity index (χ4n) is 9.14. The van der Waals surface area contributed by atoms with Gasteiger partial charge in [-0.1, -0.05) is 38.1 Å². The molecule has 16 nitrogen and oxygen atoms in total. The molecule has 4 amide bonds. The van der Waals surface area contributed by atoms with Crippen molar-refractivity contribution < 1.29 is 18.9 Å². The summed E-state index contributed by atoms with van der Waals surface area (Å²) in [6, 6.07) is 18.1. The number of aryl methyl sites for hydroxylation is 2. The van der Waals surface area contributed by atoms with E-state index in [1.807, 2.05) is 72.1 Å². The van der Waals surface area contributed by atoms with E-state index >= 15 is 0 Å². The molecule has 3 fully saturated rings. The van der Waals surface area contributed by atoms with Gasteiger partial charge in [0, 0.05) is 98.3 Å². The number of rotatable bonds is 10. The summed E-state index contributed by atoms with van der Waals surface area (Å²) in [5.74, 6) is 0.494. The molecule has 16 heteroatoms. The molecule has 4 aromatic heterocycles. The van der Waals surface area contributed by atoms with Crippen LogP contribution in [0.2, 0.25) is 0 Å². The Balaban J connectivity index is 0.770. The van der Waals surface area contributed by atoms with E-state index in [4.69, 9.17) is 14.5 Å². The molecule has 332 valence electrons. The number of benzene rings is 2. The number of nitrogens with one attached hydrogen (secondary N) is 3. The van der Waals surface area contributed by atoms with Crippen LogP contribution in [-0.2, 0) is 10.2 Å². The number of fused-ring (bicyclic) bond motifs is 1. The van der Waals surface area contributed by atoms with E-state index in [0.717, 1.165) is 115 Å². The van der Waals surface area contributed by atoms with E-state index < -0.39 is 0 Å². The first-order valence-electron chi connectivity index (χ1n) is 22.3. The van der Waals surface area contributed by atoms with Gasteiger partial charge in [-0.25, -0.2) is 9.78 Å². The number of piperidine rings is 1. The van der Waals surface area contributed by atoms with Crippen LogP contribution in [-0.4, -0.2) is 105 Å². The second-order valence-corrected chi connectivity index (χ2v) is 18.5. The maximum Gasteiger partial charge on any atom is 0.328 e. The second kappa shape index (κ2) is 17.5. The molecule has 0 spiro atoms. The molecule has 1 atom stereocenters. The minimum atomic E-state index is -0.388. The van der Waals surface area contributed by atoms with Crippen molar-refractivity contribution in [2.24, 2.45) is 5.92 Å². The molecule has 64 heavy (non-hydrogen) atoms. The van der Waals surface area contributed by atoms with Gasteiger partial charge in [-0.3, -0.25) is 34.8 Å². The second-order valence-electron chi connectivity index (χ2n) is 18.5. The number of imide groups is 1. The molecule has 3 aliphatic heterocycles. The van der Waals surface area contributed by atoms with Crippen molar-refractivity contribution in [3.8, 4) is 22.5 Å². The van der Waals surface area contributed by atoms with E-state index in [1.165, 1.54) is 5.69 Å². The molecular weight excluding hydrogens is 809 g/mol. The standard InChI is InChI=1S/C48H56N12O4/c1-29-23-33(7-10-37(29)31(3)51-45(62)44-53-46(64-56-44)48(4,5)6)42-38-25-34(26-50-43(38)55-54-42)39-11-8-36(27-49-39)59-21-19-57(20-22-59)28-32-13-16-58(17-14-32)35-9-12-40(30(2)24-35)60-18-15-41(61)52-47(60)63/h7-12,23-27,31-32H,13-22,28H2,1-6H3,(H,51,62)(H,50,54,55)(H,52,61,63). The Hall–Kier alpha value is -6.68. The van der Waals surface area contributed by atoms with E-state index in [0.29, 0.717) is 30.4 Å². The van der Waals surface area contributed by atoms with Gasteiger partial charge in [-0.15, -0.1) is 0 Å². The number of urea groups is 1. The maximum absolute atomic E-state index is 13.0. The Morgan fingerprint density at radius 1 is 0.859 bits per heavy atom. The Kier molecular flexibility index (Phi) is 11.6. The number of amides is 4. The monoisotopic (exact) mass is 864 g/mol. The lowest BCUT2D eigenvalue weighted by atomic mass is 9.95. The molecule has 0 saturated carbocycles. The first-order valence-corrected chi connectivity index (χ1v) is 22.3. The summed E-state index contributed by atoms with van der Waals surface area (Å²) in [6.07, 6.45) is 6.43. The van der Waals surface area contributed by atoms with E-state index in [-0.39, 0.29) is 35.1 Å². The first kappa shape index (κ1) is 42.6. The van der Waals surface area contributed by atoms with Crippen molar-refractivity contribution in [1.82, 2.24) is 45.8 Å². The zero-order valence-corrected chi connectivity index (χ0v) is 37.4. The van der Waals surface area contributed by atoms with Gasteiger partial charge >= 0.3 is 6.03 Å². The summed E-state index contributed by atoms with van der Waals surface area (Å²) in [5, 5.41) is 18.0. The van der Waals surface area contributed by atoms with Gasteiger partial charge in [0.1, 0.15) is 5.69 Å². The maximum atomic E-state index is 13.0. The van der Waals surface area contributed by atoms with Gasteiger partial charge in [0.05, 0.1) is 23.6 Å². The minimum absolute atomic E-state index is 0.0186. The van der Waals surface area contributed by atoms with Crippen LogP contribution in [0.3, 0.4) is 0 Å². The van der Waals surface area contributed by atoms with Gasteiger partial charge in [0.25, 0.3) is 11.7 Å². The highest BCUT2D eigenvalue weighted by Crippen LogP contribution is 2.33. The number of H-pyrrole nitrogens is 1. The van der Waals surface area contributed by atoms with Gasteiger partial charge in [0.2, 0.25) is 11.8 Å². The predicted octanol–water partition coefficient (Wildman–Crippen LogP) is 6.96. The van der Waals surface area contributed by atoms with Crippen LogP contribution in [0, 0.1) is 19.8 Å². The Morgan fingerprint density at radius 2 is 1.62 bits per heavy atom. The van der Waals surface area contributed by atoms with E-state index in [2.05, 4.69) is 82.1 Å². The Labute approximate surface area is 372 Å². The molecule has 1 unspecified atom stereocenters. The zero-order valence-electron chi connectivity index (χ0n) is 37.4. The molecule has 0 aliphatic carbocycles. The predicted molar refractivity (Wildman–Crippen MR) is 246 cm³/mol. The number of aromatic nitrogens is 6. The molecule has 3 N–H and O–H groups in total. The number of nitrogens with zero attached hydrogens (tertiary/aromatic N) is 9. The number of hydrogen-bond acceptors (Lipinski definition) is 12. The van der Waals surface area contributed by atoms with E-state index in [9.17, 15) is 14.4 Å². The fourth-order valence-corrected chi connectivity index (χ4v) is 9.14. The van der Waals surface area contributed by atoms with Crippen molar-refractivity contribution in [3.05, 3.63) is 95.4 Å². The number of piperazine rings is 1. The molecule has 6 aromatic rings. The summed E-state index contributed by atoms with van der Waals surface area (Å²) in [7, 11) is 0. The summed E-state index contributed by atoms with van der Waals surface area (Å²) >= 11 is 0. The number of aromatic amines is 1. The molecule has 3 saturated heterocycles. The SMILES string of the molecule is Cc1cc(-c2n[nH]c3ncc(-c4ccc(N5CCN(CC6CCN(c7ccc(N8CCC(=O)NC8=O)c(C)c7)CC6)CC5)cn4)cc23)ccc1C(C)NC(=O)c1noc(C(C)(C)C)n1. The molecule has 9 rings (SSSR count). The Bertz CT molecular complexity index is 2690. The lowest BCUT2D eigenvalue weighted by molar-refractivity contribution is -0.120. The van der Waals surface area contributed by atoms with Crippen LogP contribution >= 0.6 is 0 Å². The van der Waals surface area contributed by atoms with Crippen LogP contribution in [0.5, 0.6) is 0 Å². The van der Waals surface area contributed by atoms with Crippen LogP contribution in [0.15, 0.2) is 71.5 Å². The molecule has 7 heterocycles. The minimum Gasteiger partial charge on any atom is -0.372 e. The quantitative estimate of drug-likeness (QED) is 0.129. The van der Waals surface area contributed by atoms with Crippen LogP contribution in [0.4, 0.5) is 21.9 Å². The summed E-state index contributed by atoms with van der Waals surface area (Å²) in [4.78, 5) is 60.0. The molecule has 0 radical (unpaired) electrons. The summed E-state index contributed by atoms with van der Waals surface area (Å²) < 4.78 is 5.31. The average molecular weight is 865 g/mol. The van der Waals surface area contributed by atoms with Crippen LogP contribution in [0.1, 0.15) is 86.2 Å². The van der Waals surface area contributed by atoms with Crippen molar-refractivity contribution in [2.45, 2.75) is 72.3 Å². The number of hydrogen-bond donors (Lipinski definition) is 3. The lowest BCUT2D eigenvalue weighted by Gasteiger charge is -2.40.